The number of aliphatic hydroxyl groups is 2. The molecule has 3 nitrogen and oxygen atoms in total. The van der Waals surface area contributed by atoms with E-state index in [1.54, 1.807) is 12.1 Å². The lowest BCUT2D eigenvalue weighted by atomic mass is 9.70. The minimum absolute atomic E-state index is 0.198. The van der Waals surface area contributed by atoms with E-state index in [0.717, 1.165) is 36.0 Å². The summed E-state index contributed by atoms with van der Waals surface area (Å²) >= 11 is 0. The monoisotopic (exact) mass is 296 g/mol. The Morgan fingerprint density at radius 2 is 1.95 bits per heavy atom. The fraction of sp³-hybridized carbons (Fsp3) is 0.368. The van der Waals surface area contributed by atoms with Crippen LogP contribution in [0.3, 0.4) is 0 Å². The first-order valence-corrected chi connectivity index (χ1v) is 7.84. The van der Waals surface area contributed by atoms with E-state index in [1.807, 2.05) is 25.1 Å². The fourth-order valence-corrected chi connectivity index (χ4v) is 4.50. The third-order valence-electron chi connectivity index (χ3n) is 5.60. The first-order chi connectivity index (χ1) is 10.5. The van der Waals surface area contributed by atoms with E-state index in [-0.39, 0.29) is 11.2 Å². The Kier molecular flexibility index (Phi) is 2.64. The molecule has 1 aromatic rings. The van der Waals surface area contributed by atoms with Gasteiger partial charge in [0.1, 0.15) is 11.5 Å². The average Bonchev–Trinajstić information content (AvgIpc) is 2.96. The number of phenols is 1. The lowest BCUT2D eigenvalue weighted by molar-refractivity contribution is -0.0529. The minimum atomic E-state index is -0.970. The number of aliphatic hydroxyl groups excluding tert-OH is 1. The molecule has 1 aromatic carbocycles. The standard InChI is InChI=1S/C19H20O3/c1-2-19(22)17-8-16(21)6-4-13(17)10-18(19)9-12-3-5-15(20)7-14(12)11-18/h4-9,20-22H,2-3,10-11H2,1H3. The Morgan fingerprint density at radius 3 is 2.73 bits per heavy atom. The van der Waals surface area contributed by atoms with Crippen LogP contribution in [0.2, 0.25) is 0 Å². The van der Waals surface area contributed by atoms with Gasteiger partial charge in [0, 0.05) is 5.41 Å². The molecular weight excluding hydrogens is 276 g/mol. The van der Waals surface area contributed by atoms with Crippen LogP contribution in [-0.4, -0.2) is 15.3 Å². The van der Waals surface area contributed by atoms with Crippen molar-refractivity contribution in [3.63, 3.8) is 0 Å². The second-order valence-corrected chi connectivity index (χ2v) is 6.74. The van der Waals surface area contributed by atoms with Crippen LogP contribution in [0, 0.1) is 5.41 Å². The predicted octanol–water partition coefficient (Wildman–Crippen LogP) is 3.63. The number of rotatable bonds is 1. The van der Waals surface area contributed by atoms with Crippen LogP contribution in [0.5, 0.6) is 5.75 Å². The van der Waals surface area contributed by atoms with Gasteiger partial charge in [0.05, 0.1) is 5.60 Å². The zero-order chi connectivity index (χ0) is 15.5. The van der Waals surface area contributed by atoms with Gasteiger partial charge in [-0.05, 0) is 72.2 Å². The molecule has 22 heavy (non-hydrogen) atoms. The molecule has 0 fully saturated rings. The van der Waals surface area contributed by atoms with Gasteiger partial charge in [0.2, 0.25) is 0 Å². The molecule has 3 heteroatoms. The van der Waals surface area contributed by atoms with E-state index in [0.29, 0.717) is 12.2 Å². The van der Waals surface area contributed by atoms with Crippen molar-refractivity contribution in [1.29, 1.82) is 0 Å². The van der Waals surface area contributed by atoms with Crippen molar-refractivity contribution in [2.75, 3.05) is 0 Å². The van der Waals surface area contributed by atoms with Gasteiger partial charge < -0.3 is 15.3 Å². The number of fused-ring (bicyclic) bond motifs is 2. The Labute approximate surface area is 129 Å². The lowest BCUT2D eigenvalue weighted by Crippen LogP contribution is -2.39. The van der Waals surface area contributed by atoms with Gasteiger partial charge in [-0.1, -0.05) is 19.1 Å². The molecule has 3 aliphatic rings. The summed E-state index contributed by atoms with van der Waals surface area (Å²) in [5, 5.41) is 31.0. The van der Waals surface area contributed by atoms with Crippen LogP contribution >= 0.6 is 0 Å². The molecule has 4 rings (SSSR count). The number of benzene rings is 1. The second-order valence-electron chi connectivity index (χ2n) is 6.74. The van der Waals surface area contributed by atoms with Crippen molar-refractivity contribution in [1.82, 2.24) is 0 Å². The topological polar surface area (TPSA) is 60.7 Å². The van der Waals surface area contributed by atoms with E-state index in [4.69, 9.17) is 0 Å². The quantitative estimate of drug-likeness (QED) is 0.741. The van der Waals surface area contributed by atoms with E-state index >= 15 is 0 Å². The van der Waals surface area contributed by atoms with Crippen LogP contribution in [0.25, 0.3) is 0 Å². The molecule has 3 N–H and O–H groups in total. The molecule has 0 amide bonds. The zero-order valence-electron chi connectivity index (χ0n) is 12.6. The van der Waals surface area contributed by atoms with Crippen molar-refractivity contribution in [3.05, 3.63) is 64.5 Å². The number of allylic oxidation sites excluding steroid dienone is 4. The maximum atomic E-state index is 11.5. The highest BCUT2D eigenvalue weighted by Crippen LogP contribution is 2.61. The van der Waals surface area contributed by atoms with Crippen LogP contribution < -0.4 is 0 Å². The van der Waals surface area contributed by atoms with Gasteiger partial charge in [-0.3, -0.25) is 0 Å². The lowest BCUT2D eigenvalue weighted by Gasteiger charge is -2.38. The molecule has 0 saturated carbocycles. The molecule has 1 spiro atoms. The van der Waals surface area contributed by atoms with Crippen LogP contribution in [0.1, 0.15) is 37.3 Å². The molecule has 0 radical (unpaired) electrons. The largest absolute Gasteiger partial charge is 0.508 e. The van der Waals surface area contributed by atoms with Crippen molar-refractivity contribution in [2.45, 2.75) is 38.2 Å². The first-order valence-electron chi connectivity index (χ1n) is 7.84. The second kappa shape index (κ2) is 4.26. The third kappa shape index (κ3) is 1.60. The molecule has 114 valence electrons. The highest BCUT2D eigenvalue weighted by molar-refractivity contribution is 5.55. The molecule has 0 heterocycles. The van der Waals surface area contributed by atoms with Crippen molar-refractivity contribution in [3.8, 4) is 5.75 Å². The number of aromatic hydroxyl groups is 1. The summed E-state index contributed by atoms with van der Waals surface area (Å²) in [6.45, 7) is 1.99. The molecule has 0 saturated heterocycles. The van der Waals surface area contributed by atoms with Crippen molar-refractivity contribution in [2.24, 2.45) is 5.41 Å². The van der Waals surface area contributed by atoms with Gasteiger partial charge in [0.25, 0.3) is 0 Å². The van der Waals surface area contributed by atoms with E-state index in [9.17, 15) is 15.3 Å². The minimum Gasteiger partial charge on any atom is -0.508 e. The smallest absolute Gasteiger partial charge is 0.115 e. The van der Waals surface area contributed by atoms with Crippen LogP contribution in [0.4, 0.5) is 0 Å². The Bertz CT molecular complexity index is 756. The fourth-order valence-electron chi connectivity index (χ4n) is 4.50. The number of hydrogen-bond donors (Lipinski definition) is 3. The summed E-state index contributed by atoms with van der Waals surface area (Å²) < 4.78 is 0. The average molecular weight is 296 g/mol. The highest BCUT2D eigenvalue weighted by Gasteiger charge is 2.57. The van der Waals surface area contributed by atoms with Crippen molar-refractivity contribution >= 4 is 0 Å². The van der Waals surface area contributed by atoms with Crippen molar-refractivity contribution < 1.29 is 15.3 Å². The Hall–Kier alpha value is -2.00. The molecule has 2 atom stereocenters. The molecule has 0 bridgehead atoms. The van der Waals surface area contributed by atoms with E-state index < -0.39 is 5.60 Å². The first kappa shape index (κ1) is 13.6. The Balaban J connectivity index is 1.85. The highest BCUT2D eigenvalue weighted by atomic mass is 16.3. The molecule has 3 aliphatic carbocycles. The van der Waals surface area contributed by atoms with Crippen LogP contribution in [0.15, 0.2) is 53.3 Å². The van der Waals surface area contributed by atoms with E-state index in [2.05, 4.69) is 6.08 Å². The van der Waals surface area contributed by atoms with Crippen LogP contribution in [-0.2, 0) is 12.0 Å². The maximum Gasteiger partial charge on any atom is 0.115 e. The zero-order valence-corrected chi connectivity index (χ0v) is 12.6. The number of phenolic OH excluding ortho intramolecular Hbond substituents is 1. The molecule has 2 unspecified atom stereocenters. The van der Waals surface area contributed by atoms with E-state index in [1.165, 1.54) is 5.57 Å². The summed E-state index contributed by atoms with van der Waals surface area (Å²) in [7, 11) is 0. The third-order valence-corrected chi connectivity index (χ3v) is 5.60. The summed E-state index contributed by atoms with van der Waals surface area (Å²) in [6.07, 6.45) is 8.67. The summed E-state index contributed by atoms with van der Waals surface area (Å²) in [6, 6.07) is 5.32. The SMILES string of the molecule is CCC1(O)c2cc(O)ccc2CC12C=C1CC=C(O)C=C1C2. The predicted molar refractivity (Wildman–Crippen MR) is 84.5 cm³/mol. The number of hydrogen-bond acceptors (Lipinski definition) is 3. The van der Waals surface area contributed by atoms with Gasteiger partial charge in [0.15, 0.2) is 0 Å². The Morgan fingerprint density at radius 1 is 1.14 bits per heavy atom. The molecular formula is C19H20O3. The van der Waals surface area contributed by atoms with Gasteiger partial charge in [-0.25, -0.2) is 0 Å². The summed E-state index contributed by atoms with van der Waals surface area (Å²) in [5.41, 5.74) is 2.96. The molecule has 0 aliphatic heterocycles. The van der Waals surface area contributed by atoms with Gasteiger partial charge in [-0.2, -0.15) is 0 Å². The summed E-state index contributed by atoms with van der Waals surface area (Å²) in [5.74, 6) is 0.515. The molecule has 0 aromatic heterocycles. The maximum absolute atomic E-state index is 11.5. The normalized spacial score (nSPS) is 32.4. The summed E-state index contributed by atoms with van der Waals surface area (Å²) in [4.78, 5) is 0. The van der Waals surface area contributed by atoms with Gasteiger partial charge in [-0.15, -0.1) is 0 Å². The van der Waals surface area contributed by atoms with Gasteiger partial charge >= 0.3 is 0 Å².